The van der Waals surface area contributed by atoms with Crippen molar-refractivity contribution in [3.05, 3.63) is 83.1 Å². The molecular formula is C22H18F3N. The van der Waals surface area contributed by atoms with Crippen LogP contribution in [0.4, 0.5) is 13.2 Å². The van der Waals surface area contributed by atoms with Gasteiger partial charge in [0, 0.05) is 35.5 Å². The van der Waals surface area contributed by atoms with Crippen molar-refractivity contribution >= 4 is 10.9 Å². The highest BCUT2D eigenvalue weighted by molar-refractivity contribution is 5.87. The third-order valence-corrected chi connectivity index (χ3v) is 6.00. The van der Waals surface area contributed by atoms with Crippen molar-refractivity contribution in [2.75, 3.05) is 0 Å². The van der Waals surface area contributed by atoms with Crippen molar-refractivity contribution < 1.29 is 13.2 Å². The van der Waals surface area contributed by atoms with Crippen molar-refractivity contribution in [2.45, 2.75) is 24.4 Å². The normalized spacial score (nSPS) is 24.2. The number of benzene rings is 2. The summed E-state index contributed by atoms with van der Waals surface area (Å²) < 4.78 is 41.1. The van der Waals surface area contributed by atoms with Gasteiger partial charge in [0.2, 0.25) is 0 Å². The van der Waals surface area contributed by atoms with E-state index in [4.69, 9.17) is 0 Å². The van der Waals surface area contributed by atoms with E-state index in [0.29, 0.717) is 11.8 Å². The van der Waals surface area contributed by atoms with Gasteiger partial charge < -0.3 is 4.57 Å². The zero-order valence-corrected chi connectivity index (χ0v) is 14.3. The third kappa shape index (κ3) is 2.11. The molecule has 1 heterocycles. The van der Waals surface area contributed by atoms with E-state index in [2.05, 4.69) is 35.9 Å². The number of allylic oxidation sites excluding steroid dienone is 2. The molecule has 0 saturated carbocycles. The van der Waals surface area contributed by atoms with Crippen molar-refractivity contribution in [3.63, 3.8) is 0 Å². The molecule has 0 unspecified atom stereocenters. The summed E-state index contributed by atoms with van der Waals surface area (Å²) in [6.45, 7) is 0. The van der Waals surface area contributed by atoms with Gasteiger partial charge in [0.1, 0.15) is 0 Å². The number of rotatable bonds is 1. The number of alkyl halides is 3. The first-order chi connectivity index (χ1) is 12.4. The van der Waals surface area contributed by atoms with Gasteiger partial charge in [0.15, 0.2) is 0 Å². The number of hydrogen-bond acceptors (Lipinski definition) is 0. The lowest BCUT2D eigenvalue weighted by Gasteiger charge is -2.31. The molecule has 2 aliphatic rings. The second-order valence-corrected chi connectivity index (χ2v) is 7.36. The third-order valence-electron chi connectivity index (χ3n) is 6.00. The van der Waals surface area contributed by atoms with Crippen molar-refractivity contribution in [3.8, 4) is 0 Å². The molecule has 0 amide bonds. The second-order valence-electron chi connectivity index (χ2n) is 7.36. The molecule has 0 N–H and O–H groups in total. The van der Waals surface area contributed by atoms with Crippen molar-refractivity contribution in [1.29, 1.82) is 0 Å². The first-order valence-electron chi connectivity index (χ1n) is 8.88. The monoisotopic (exact) mass is 353 g/mol. The van der Waals surface area contributed by atoms with Crippen LogP contribution in [0.5, 0.6) is 0 Å². The van der Waals surface area contributed by atoms with E-state index in [1.807, 2.05) is 12.1 Å². The van der Waals surface area contributed by atoms with Gasteiger partial charge in [0.25, 0.3) is 0 Å². The minimum absolute atomic E-state index is 0.105. The molecule has 1 nitrogen and oxygen atoms in total. The van der Waals surface area contributed by atoms with Gasteiger partial charge in [-0.2, -0.15) is 13.2 Å². The number of nitrogens with zero attached hydrogens (tertiary/aromatic N) is 1. The molecule has 26 heavy (non-hydrogen) atoms. The van der Waals surface area contributed by atoms with Gasteiger partial charge in [0.05, 0.1) is 5.56 Å². The van der Waals surface area contributed by atoms with Crippen LogP contribution in [0.3, 0.4) is 0 Å². The average molecular weight is 353 g/mol. The standard InChI is InChI=1S/C22H18F3N/c1-26-18-5-3-2-4-17(18)20-19(14-6-7-15(12-14)21(20)26)13-8-10-16(11-9-13)22(23,24)25/h2-11,14-15,19H,12H2,1H3/t14-,15+,19-/m1/s1. The molecule has 0 aliphatic heterocycles. The van der Waals surface area contributed by atoms with E-state index >= 15 is 0 Å². The number of halogens is 3. The zero-order valence-electron chi connectivity index (χ0n) is 14.3. The highest BCUT2D eigenvalue weighted by atomic mass is 19.4. The summed E-state index contributed by atoms with van der Waals surface area (Å²) in [5, 5.41) is 1.22. The highest BCUT2D eigenvalue weighted by Crippen LogP contribution is 2.53. The van der Waals surface area contributed by atoms with Crippen molar-refractivity contribution in [2.24, 2.45) is 13.0 Å². The van der Waals surface area contributed by atoms with Crippen LogP contribution in [0.1, 0.15) is 40.6 Å². The van der Waals surface area contributed by atoms with Crippen LogP contribution in [0, 0.1) is 5.92 Å². The van der Waals surface area contributed by atoms with Crippen LogP contribution >= 0.6 is 0 Å². The number of hydrogen-bond donors (Lipinski definition) is 0. The van der Waals surface area contributed by atoms with E-state index in [-0.39, 0.29) is 5.92 Å². The molecule has 0 fully saturated rings. The fourth-order valence-corrected chi connectivity index (χ4v) is 4.90. The topological polar surface area (TPSA) is 4.93 Å². The van der Waals surface area contributed by atoms with E-state index in [1.54, 1.807) is 12.1 Å². The summed E-state index contributed by atoms with van der Waals surface area (Å²) >= 11 is 0. The highest BCUT2D eigenvalue weighted by Gasteiger charge is 2.41. The molecular weight excluding hydrogens is 335 g/mol. The summed E-state index contributed by atoms with van der Waals surface area (Å²) in [5.41, 5.74) is 4.16. The van der Waals surface area contributed by atoms with E-state index in [0.717, 1.165) is 12.0 Å². The maximum Gasteiger partial charge on any atom is 0.416 e. The minimum Gasteiger partial charge on any atom is -0.347 e. The first-order valence-corrected chi connectivity index (χ1v) is 8.88. The Labute approximate surface area is 149 Å². The van der Waals surface area contributed by atoms with Gasteiger partial charge in [-0.3, -0.25) is 0 Å². The maximum atomic E-state index is 12.9. The summed E-state index contributed by atoms with van der Waals surface area (Å²) in [6.07, 6.45) is 1.26. The molecule has 0 spiro atoms. The molecule has 5 rings (SSSR count). The van der Waals surface area contributed by atoms with Gasteiger partial charge in [-0.25, -0.2) is 0 Å². The SMILES string of the molecule is Cn1c2c(c3ccccc31)[C@H](c1ccc(C(F)(F)F)cc1)[C@@H]1C=C[C@H]2C1. The lowest BCUT2D eigenvalue weighted by Crippen LogP contribution is -2.20. The van der Waals surface area contributed by atoms with E-state index in [1.165, 1.54) is 34.3 Å². The molecule has 0 saturated heterocycles. The Morgan fingerprint density at radius 1 is 0.962 bits per heavy atom. The molecule has 3 aromatic rings. The lowest BCUT2D eigenvalue weighted by atomic mass is 9.73. The molecule has 4 heteroatoms. The van der Waals surface area contributed by atoms with Gasteiger partial charge in [-0.1, -0.05) is 42.5 Å². The lowest BCUT2D eigenvalue weighted by molar-refractivity contribution is -0.137. The van der Waals surface area contributed by atoms with Gasteiger partial charge in [-0.15, -0.1) is 0 Å². The molecule has 2 bridgehead atoms. The van der Waals surface area contributed by atoms with Gasteiger partial charge >= 0.3 is 6.18 Å². The average Bonchev–Trinajstić information content (AvgIpc) is 3.16. The van der Waals surface area contributed by atoms with Gasteiger partial charge in [-0.05, 0) is 41.7 Å². The van der Waals surface area contributed by atoms with E-state index in [9.17, 15) is 13.2 Å². The molecule has 1 aromatic heterocycles. The predicted octanol–water partition coefficient (Wildman–Crippen LogP) is 6.00. The molecule has 2 aromatic carbocycles. The Morgan fingerprint density at radius 2 is 1.69 bits per heavy atom. The number of fused-ring (bicyclic) bond motifs is 6. The Morgan fingerprint density at radius 3 is 2.42 bits per heavy atom. The van der Waals surface area contributed by atoms with Crippen LogP contribution < -0.4 is 0 Å². The number of aromatic nitrogens is 1. The number of para-hydroxylation sites is 1. The molecule has 2 aliphatic carbocycles. The summed E-state index contributed by atoms with van der Waals surface area (Å²) in [4.78, 5) is 0. The van der Waals surface area contributed by atoms with E-state index < -0.39 is 11.7 Å². The fraction of sp³-hybridized carbons (Fsp3) is 0.273. The number of aryl methyl sites for hydroxylation is 1. The molecule has 132 valence electrons. The van der Waals surface area contributed by atoms with Crippen LogP contribution in [0.2, 0.25) is 0 Å². The van der Waals surface area contributed by atoms with Crippen LogP contribution in [0.25, 0.3) is 10.9 Å². The Bertz CT molecular complexity index is 1020. The van der Waals surface area contributed by atoms with Crippen LogP contribution in [-0.4, -0.2) is 4.57 Å². The Hall–Kier alpha value is -2.49. The Balaban J connectivity index is 1.72. The smallest absolute Gasteiger partial charge is 0.347 e. The fourth-order valence-electron chi connectivity index (χ4n) is 4.90. The first kappa shape index (κ1) is 15.7. The minimum atomic E-state index is -4.30. The second kappa shape index (κ2) is 5.26. The van der Waals surface area contributed by atoms with Crippen molar-refractivity contribution in [1.82, 2.24) is 4.57 Å². The quantitative estimate of drug-likeness (QED) is 0.473. The maximum absolute atomic E-state index is 12.9. The molecule has 0 radical (unpaired) electrons. The predicted molar refractivity (Wildman–Crippen MR) is 96.2 cm³/mol. The van der Waals surface area contributed by atoms with Crippen LogP contribution in [-0.2, 0) is 13.2 Å². The summed E-state index contributed by atoms with van der Waals surface area (Å²) in [6, 6.07) is 14.1. The van der Waals surface area contributed by atoms with Crippen LogP contribution in [0.15, 0.2) is 60.7 Å². The molecule has 3 atom stereocenters. The zero-order chi connectivity index (χ0) is 18.1. The Kier molecular flexibility index (Phi) is 3.18. The largest absolute Gasteiger partial charge is 0.416 e. The summed E-state index contributed by atoms with van der Waals surface area (Å²) in [5.74, 6) is 0.849. The summed E-state index contributed by atoms with van der Waals surface area (Å²) in [7, 11) is 2.09.